The molecule has 0 spiro atoms. The van der Waals surface area contributed by atoms with Crippen LogP contribution in [0.2, 0.25) is 5.02 Å². The van der Waals surface area contributed by atoms with Crippen molar-refractivity contribution in [1.82, 2.24) is 4.98 Å². The van der Waals surface area contributed by atoms with Crippen LogP contribution in [0.1, 0.15) is 16.1 Å². The van der Waals surface area contributed by atoms with Gasteiger partial charge in [0.05, 0.1) is 5.02 Å². The Hall–Kier alpha value is -1.94. The van der Waals surface area contributed by atoms with Gasteiger partial charge in [-0.05, 0) is 29.8 Å². The zero-order valence-electron chi connectivity index (χ0n) is 9.27. The van der Waals surface area contributed by atoms with E-state index >= 15 is 0 Å². The third-order valence-corrected chi connectivity index (χ3v) is 2.54. The van der Waals surface area contributed by atoms with Crippen LogP contribution in [0.5, 0.6) is 0 Å². The van der Waals surface area contributed by atoms with Gasteiger partial charge in [-0.2, -0.15) is 0 Å². The monoisotopic (exact) mass is 265 g/mol. The molecule has 0 saturated heterocycles. The first-order valence-electron chi connectivity index (χ1n) is 5.19. The zero-order valence-corrected chi connectivity index (χ0v) is 10.0. The molecule has 0 amide bonds. The molecule has 0 aliphatic heterocycles. The fraction of sp³-hybridized carbons (Fsp3) is 0.0769. The summed E-state index contributed by atoms with van der Waals surface area (Å²) in [5, 5.41) is 0.238. The van der Waals surface area contributed by atoms with Gasteiger partial charge < -0.3 is 4.74 Å². The van der Waals surface area contributed by atoms with Gasteiger partial charge in [-0.3, -0.25) is 0 Å². The van der Waals surface area contributed by atoms with Crippen molar-refractivity contribution in [2.75, 3.05) is 0 Å². The highest BCUT2D eigenvalue weighted by atomic mass is 35.5. The highest BCUT2D eigenvalue weighted by Crippen LogP contribution is 2.14. The smallest absolute Gasteiger partial charge is 0.358 e. The zero-order chi connectivity index (χ0) is 13.0. The third-order valence-electron chi connectivity index (χ3n) is 2.24. The van der Waals surface area contributed by atoms with Gasteiger partial charge in [0, 0.05) is 6.20 Å². The highest BCUT2D eigenvalue weighted by Gasteiger charge is 2.12. The molecule has 0 N–H and O–H groups in total. The number of halogens is 2. The van der Waals surface area contributed by atoms with E-state index in [2.05, 4.69) is 4.98 Å². The quantitative estimate of drug-likeness (QED) is 0.800. The van der Waals surface area contributed by atoms with E-state index in [0.29, 0.717) is 5.56 Å². The van der Waals surface area contributed by atoms with E-state index in [9.17, 15) is 9.18 Å². The number of rotatable bonds is 3. The van der Waals surface area contributed by atoms with Gasteiger partial charge >= 0.3 is 5.97 Å². The maximum atomic E-state index is 12.7. The van der Waals surface area contributed by atoms with Gasteiger partial charge in [0.2, 0.25) is 0 Å². The van der Waals surface area contributed by atoms with Gasteiger partial charge in [0.15, 0.2) is 5.69 Å². The number of nitrogens with zero attached hydrogens (tertiary/aromatic N) is 1. The summed E-state index contributed by atoms with van der Waals surface area (Å²) < 4.78 is 17.7. The molecule has 0 unspecified atom stereocenters. The molecule has 1 aromatic carbocycles. The number of carbonyl (C=O) groups excluding carboxylic acids is 1. The van der Waals surface area contributed by atoms with Crippen molar-refractivity contribution in [3.05, 3.63) is 64.7 Å². The molecule has 0 radical (unpaired) electrons. The summed E-state index contributed by atoms with van der Waals surface area (Å²) >= 11 is 5.81. The van der Waals surface area contributed by atoms with Gasteiger partial charge in [0.25, 0.3) is 0 Å². The summed E-state index contributed by atoms with van der Waals surface area (Å²) in [6.07, 6.45) is 1.46. The average Bonchev–Trinajstić information content (AvgIpc) is 2.38. The Morgan fingerprint density at radius 2 is 2.00 bits per heavy atom. The molecule has 0 aliphatic carbocycles. The minimum atomic E-state index is -0.607. The van der Waals surface area contributed by atoms with E-state index in [1.165, 1.54) is 18.3 Å². The standard InChI is InChI=1S/C13H9ClFNO2/c14-11-2-1-7-16-12(11)13(17)18-8-9-3-5-10(15)6-4-9/h1-7H,8H2. The van der Waals surface area contributed by atoms with E-state index in [-0.39, 0.29) is 23.1 Å². The Morgan fingerprint density at radius 3 is 2.67 bits per heavy atom. The number of ether oxygens (including phenoxy) is 1. The van der Waals surface area contributed by atoms with Crippen LogP contribution in [0.4, 0.5) is 4.39 Å². The molecular formula is C13H9ClFNO2. The molecule has 18 heavy (non-hydrogen) atoms. The molecule has 0 bridgehead atoms. The van der Waals surface area contributed by atoms with Crippen molar-refractivity contribution in [2.24, 2.45) is 0 Å². The number of pyridine rings is 1. The summed E-state index contributed by atoms with van der Waals surface area (Å²) in [6.45, 7) is 0.0476. The molecule has 1 heterocycles. The average molecular weight is 266 g/mol. The normalized spacial score (nSPS) is 10.1. The second-order valence-electron chi connectivity index (χ2n) is 3.54. The van der Waals surface area contributed by atoms with Crippen LogP contribution in [0.3, 0.4) is 0 Å². The molecule has 5 heteroatoms. The lowest BCUT2D eigenvalue weighted by atomic mass is 10.2. The van der Waals surface area contributed by atoms with E-state index in [1.54, 1.807) is 24.3 Å². The van der Waals surface area contributed by atoms with Crippen molar-refractivity contribution >= 4 is 17.6 Å². The summed E-state index contributed by atoms with van der Waals surface area (Å²) in [6, 6.07) is 8.88. The molecule has 0 aliphatic rings. The fourth-order valence-corrected chi connectivity index (χ4v) is 1.53. The SMILES string of the molecule is O=C(OCc1ccc(F)cc1)c1ncccc1Cl. The molecule has 92 valence electrons. The van der Waals surface area contributed by atoms with Crippen LogP contribution >= 0.6 is 11.6 Å². The molecule has 2 rings (SSSR count). The molecule has 0 saturated carbocycles. The van der Waals surface area contributed by atoms with Crippen molar-refractivity contribution in [3.63, 3.8) is 0 Å². The first kappa shape index (κ1) is 12.5. The minimum absolute atomic E-state index is 0.0476. The Bertz CT molecular complexity index is 557. The fourth-order valence-electron chi connectivity index (χ4n) is 1.33. The second kappa shape index (κ2) is 5.60. The largest absolute Gasteiger partial charge is 0.456 e. The van der Waals surface area contributed by atoms with Crippen molar-refractivity contribution < 1.29 is 13.9 Å². The molecular weight excluding hydrogens is 257 g/mol. The molecule has 2 aromatic rings. The number of aromatic nitrogens is 1. The molecule has 1 aromatic heterocycles. The van der Waals surface area contributed by atoms with Crippen molar-refractivity contribution in [2.45, 2.75) is 6.61 Å². The number of hydrogen-bond donors (Lipinski definition) is 0. The van der Waals surface area contributed by atoms with E-state index in [1.807, 2.05) is 0 Å². The van der Waals surface area contributed by atoms with Crippen LogP contribution in [0.25, 0.3) is 0 Å². The predicted octanol–water partition coefficient (Wildman–Crippen LogP) is 3.23. The van der Waals surface area contributed by atoms with Crippen LogP contribution < -0.4 is 0 Å². The number of hydrogen-bond acceptors (Lipinski definition) is 3. The first-order valence-corrected chi connectivity index (χ1v) is 5.56. The lowest BCUT2D eigenvalue weighted by Crippen LogP contribution is -2.08. The van der Waals surface area contributed by atoms with Crippen molar-refractivity contribution in [1.29, 1.82) is 0 Å². The Balaban J connectivity index is 2.01. The van der Waals surface area contributed by atoms with Gasteiger partial charge in [-0.15, -0.1) is 0 Å². The number of carbonyl (C=O) groups is 1. The summed E-state index contributed by atoms with van der Waals surface area (Å²) in [5.41, 5.74) is 0.762. The number of benzene rings is 1. The summed E-state index contributed by atoms with van der Waals surface area (Å²) in [7, 11) is 0. The van der Waals surface area contributed by atoms with Gasteiger partial charge in [-0.1, -0.05) is 23.7 Å². The van der Waals surface area contributed by atoms with Crippen LogP contribution in [-0.2, 0) is 11.3 Å². The Kier molecular flexibility index (Phi) is 3.89. The first-order chi connectivity index (χ1) is 8.66. The highest BCUT2D eigenvalue weighted by molar-refractivity contribution is 6.33. The van der Waals surface area contributed by atoms with Gasteiger partial charge in [-0.25, -0.2) is 14.2 Å². The van der Waals surface area contributed by atoms with E-state index in [4.69, 9.17) is 16.3 Å². The maximum absolute atomic E-state index is 12.7. The maximum Gasteiger partial charge on any atom is 0.358 e. The Labute approximate surface area is 108 Å². The topological polar surface area (TPSA) is 39.2 Å². The molecule has 3 nitrogen and oxygen atoms in total. The minimum Gasteiger partial charge on any atom is -0.456 e. The third kappa shape index (κ3) is 3.05. The molecule has 0 fully saturated rings. The van der Waals surface area contributed by atoms with E-state index < -0.39 is 5.97 Å². The predicted molar refractivity (Wildman–Crippen MR) is 64.8 cm³/mol. The van der Waals surface area contributed by atoms with Crippen molar-refractivity contribution in [3.8, 4) is 0 Å². The lowest BCUT2D eigenvalue weighted by Gasteiger charge is -2.05. The van der Waals surface area contributed by atoms with Crippen LogP contribution in [-0.4, -0.2) is 11.0 Å². The van der Waals surface area contributed by atoms with Gasteiger partial charge in [0.1, 0.15) is 12.4 Å². The second-order valence-corrected chi connectivity index (χ2v) is 3.94. The summed E-state index contributed by atoms with van der Waals surface area (Å²) in [5.74, 6) is -0.942. The summed E-state index contributed by atoms with van der Waals surface area (Å²) in [4.78, 5) is 15.5. The molecule has 0 atom stereocenters. The van der Waals surface area contributed by atoms with Crippen LogP contribution in [0.15, 0.2) is 42.6 Å². The van der Waals surface area contributed by atoms with Crippen LogP contribution in [0, 0.1) is 5.82 Å². The Morgan fingerprint density at radius 1 is 1.28 bits per heavy atom. The lowest BCUT2D eigenvalue weighted by molar-refractivity contribution is 0.0466. The van der Waals surface area contributed by atoms with E-state index in [0.717, 1.165) is 0 Å². The number of esters is 1.